The van der Waals surface area contributed by atoms with E-state index in [1.807, 2.05) is 0 Å². The van der Waals surface area contributed by atoms with Crippen LogP contribution in [-0.4, -0.2) is 16.0 Å². The molecule has 0 spiro atoms. The minimum absolute atomic E-state index is 0.0272. The number of hydrogen-bond acceptors (Lipinski definition) is 5. The largest absolute Gasteiger partial charge is 0.477 e. The second kappa shape index (κ2) is 5.30. The number of nitrogens with zero attached hydrogens (tertiary/aromatic N) is 1. The summed E-state index contributed by atoms with van der Waals surface area (Å²) < 4.78 is 5.54. The molecule has 1 aromatic carbocycles. The molecular weight excluding hydrogens is 282 g/mol. The molecule has 20 heavy (non-hydrogen) atoms. The number of carboxylic acids is 1. The maximum atomic E-state index is 10.9. The SMILES string of the molecule is Cc1cc(C)c([N+](=O)[O-])cc1Oc1ccc(C(=O)O)s1. The monoisotopic (exact) mass is 293 g/mol. The minimum Gasteiger partial charge on any atom is -0.477 e. The van der Waals surface area contributed by atoms with Crippen LogP contribution in [0.4, 0.5) is 5.69 Å². The topological polar surface area (TPSA) is 89.7 Å². The molecule has 2 aromatic rings. The second-order valence-corrected chi connectivity index (χ2v) is 5.23. The lowest BCUT2D eigenvalue weighted by Gasteiger charge is -2.07. The van der Waals surface area contributed by atoms with Crippen LogP contribution in [0.1, 0.15) is 20.8 Å². The molecule has 0 bridgehead atoms. The van der Waals surface area contributed by atoms with Gasteiger partial charge in [0, 0.05) is 5.56 Å². The van der Waals surface area contributed by atoms with Gasteiger partial charge in [-0.3, -0.25) is 10.1 Å². The Morgan fingerprint density at radius 2 is 2.00 bits per heavy atom. The molecule has 0 amide bonds. The zero-order valence-corrected chi connectivity index (χ0v) is 11.6. The van der Waals surface area contributed by atoms with Crippen molar-refractivity contribution in [3.05, 3.63) is 50.4 Å². The van der Waals surface area contributed by atoms with Crippen molar-refractivity contribution in [1.82, 2.24) is 0 Å². The number of nitro groups is 1. The van der Waals surface area contributed by atoms with Gasteiger partial charge in [0.15, 0.2) is 5.06 Å². The molecule has 104 valence electrons. The highest BCUT2D eigenvalue weighted by molar-refractivity contribution is 7.15. The van der Waals surface area contributed by atoms with Crippen LogP contribution < -0.4 is 4.74 Å². The minimum atomic E-state index is -1.03. The fraction of sp³-hybridized carbons (Fsp3) is 0.154. The first-order chi connectivity index (χ1) is 9.38. The van der Waals surface area contributed by atoms with Crippen LogP contribution in [0.15, 0.2) is 24.3 Å². The fourth-order valence-electron chi connectivity index (χ4n) is 1.73. The number of thiophene rings is 1. The summed E-state index contributed by atoms with van der Waals surface area (Å²) in [6.07, 6.45) is 0. The smallest absolute Gasteiger partial charge is 0.345 e. The molecule has 6 nitrogen and oxygen atoms in total. The molecule has 1 aromatic heterocycles. The standard InChI is InChI=1S/C13H11NO5S/c1-7-5-8(2)10(6-9(7)14(17)18)19-12-4-3-11(20-12)13(15)16/h3-6H,1-2H3,(H,15,16). The highest BCUT2D eigenvalue weighted by Crippen LogP contribution is 2.34. The number of ether oxygens (including phenoxy) is 1. The number of hydrogen-bond donors (Lipinski definition) is 1. The molecule has 0 aliphatic heterocycles. The lowest BCUT2D eigenvalue weighted by molar-refractivity contribution is -0.385. The lowest BCUT2D eigenvalue weighted by atomic mass is 10.1. The predicted octanol–water partition coefficient (Wildman–Crippen LogP) is 3.76. The van der Waals surface area contributed by atoms with Gasteiger partial charge in [-0.05, 0) is 37.6 Å². The molecule has 0 unspecified atom stereocenters. The Kier molecular flexibility index (Phi) is 3.71. The summed E-state index contributed by atoms with van der Waals surface area (Å²) in [6.45, 7) is 3.43. The van der Waals surface area contributed by atoms with E-state index in [1.54, 1.807) is 19.9 Å². The third-order valence-electron chi connectivity index (χ3n) is 2.69. The zero-order chi connectivity index (χ0) is 14.9. The van der Waals surface area contributed by atoms with Crippen LogP contribution in [0.2, 0.25) is 0 Å². The van der Waals surface area contributed by atoms with E-state index in [-0.39, 0.29) is 10.6 Å². The van der Waals surface area contributed by atoms with Crippen LogP contribution in [-0.2, 0) is 0 Å². The van der Waals surface area contributed by atoms with Crippen LogP contribution >= 0.6 is 11.3 Å². The second-order valence-electron chi connectivity index (χ2n) is 4.19. The molecule has 0 aliphatic carbocycles. The van der Waals surface area contributed by atoms with Crippen LogP contribution in [0.3, 0.4) is 0 Å². The Bertz CT molecular complexity index is 692. The molecule has 0 radical (unpaired) electrons. The maximum absolute atomic E-state index is 10.9. The number of rotatable bonds is 4. The van der Waals surface area contributed by atoms with Gasteiger partial charge in [-0.1, -0.05) is 11.3 Å². The quantitative estimate of drug-likeness (QED) is 0.684. The Hall–Kier alpha value is -2.41. The zero-order valence-electron chi connectivity index (χ0n) is 10.7. The van der Waals surface area contributed by atoms with Crippen LogP contribution in [0, 0.1) is 24.0 Å². The average molecular weight is 293 g/mol. The third kappa shape index (κ3) is 2.77. The first-order valence-electron chi connectivity index (χ1n) is 5.65. The van der Waals surface area contributed by atoms with E-state index in [4.69, 9.17) is 9.84 Å². The van der Waals surface area contributed by atoms with Gasteiger partial charge in [-0.25, -0.2) is 4.79 Å². The predicted molar refractivity (Wildman–Crippen MR) is 73.9 cm³/mol. The molecule has 7 heteroatoms. The van der Waals surface area contributed by atoms with E-state index in [1.165, 1.54) is 18.2 Å². The summed E-state index contributed by atoms with van der Waals surface area (Å²) in [5, 5.41) is 20.1. The van der Waals surface area contributed by atoms with Gasteiger partial charge >= 0.3 is 5.97 Å². The molecule has 0 fully saturated rings. The summed E-state index contributed by atoms with van der Waals surface area (Å²) in [5.41, 5.74) is 1.27. The van der Waals surface area contributed by atoms with Gasteiger partial charge in [0.25, 0.3) is 5.69 Å². The van der Waals surface area contributed by atoms with Crippen molar-refractivity contribution in [3.63, 3.8) is 0 Å². The van der Waals surface area contributed by atoms with E-state index in [9.17, 15) is 14.9 Å². The molecule has 0 aliphatic rings. The Morgan fingerprint density at radius 3 is 2.55 bits per heavy atom. The molecule has 2 rings (SSSR count). The van der Waals surface area contributed by atoms with E-state index in [2.05, 4.69) is 0 Å². The first kappa shape index (κ1) is 14.0. The van der Waals surface area contributed by atoms with E-state index in [0.29, 0.717) is 16.4 Å². The molecule has 0 saturated heterocycles. The van der Waals surface area contributed by atoms with Crippen molar-refractivity contribution in [3.8, 4) is 10.8 Å². The Labute approximate surface area is 118 Å². The van der Waals surface area contributed by atoms with E-state index in [0.717, 1.165) is 16.9 Å². The van der Waals surface area contributed by atoms with Crippen LogP contribution in [0.5, 0.6) is 10.8 Å². The van der Waals surface area contributed by atoms with Crippen molar-refractivity contribution in [2.45, 2.75) is 13.8 Å². The van der Waals surface area contributed by atoms with E-state index < -0.39 is 10.9 Å². The normalized spacial score (nSPS) is 10.3. The van der Waals surface area contributed by atoms with Gasteiger partial charge in [-0.15, -0.1) is 0 Å². The van der Waals surface area contributed by atoms with Crippen LogP contribution in [0.25, 0.3) is 0 Å². The number of aryl methyl sites for hydroxylation is 2. The first-order valence-corrected chi connectivity index (χ1v) is 6.46. The Balaban J connectivity index is 2.35. The lowest BCUT2D eigenvalue weighted by Crippen LogP contribution is -1.94. The van der Waals surface area contributed by atoms with Crippen molar-refractivity contribution in [1.29, 1.82) is 0 Å². The van der Waals surface area contributed by atoms with Crippen molar-refractivity contribution in [2.75, 3.05) is 0 Å². The number of carbonyl (C=O) groups is 1. The fourth-order valence-corrected chi connectivity index (χ4v) is 2.43. The molecule has 0 saturated carbocycles. The molecule has 1 heterocycles. The highest BCUT2D eigenvalue weighted by Gasteiger charge is 2.16. The van der Waals surface area contributed by atoms with Gasteiger partial charge in [0.1, 0.15) is 10.6 Å². The van der Waals surface area contributed by atoms with E-state index >= 15 is 0 Å². The number of carboxylic acid groups (broad SMARTS) is 1. The van der Waals surface area contributed by atoms with Crippen molar-refractivity contribution in [2.24, 2.45) is 0 Å². The number of aromatic carboxylic acids is 1. The number of nitro benzene ring substituents is 1. The third-order valence-corrected chi connectivity index (χ3v) is 3.64. The summed E-state index contributed by atoms with van der Waals surface area (Å²) in [5.74, 6) is -0.683. The Morgan fingerprint density at radius 1 is 1.30 bits per heavy atom. The van der Waals surface area contributed by atoms with Crippen molar-refractivity contribution < 1.29 is 19.6 Å². The van der Waals surface area contributed by atoms with Gasteiger partial charge in [0.2, 0.25) is 0 Å². The molecule has 0 atom stereocenters. The molecular formula is C13H11NO5S. The van der Waals surface area contributed by atoms with Gasteiger partial charge in [0.05, 0.1) is 11.0 Å². The molecule has 1 N–H and O–H groups in total. The van der Waals surface area contributed by atoms with Crippen molar-refractivity contribution >= 4 is 23.0 Å². The average Bonchev–Trinajstić information content (AvgIpc) is 2.80. The summed E-state index contributed by atoms with van der Waals surface area (Å²) in [7, 11) is 0. The maximum Gasteiger partial charge on any atom is 0.345 e. The summed E-state index contributed by atoms with van der Waals surface area (Å²) in [6, 6.07) is 5.98. The highest BCUT2D eigenvalue weighted by atomic mass is 32.1. The van der Waals surface area contributed by atoms with Gasteiger partial charge < -0.3 is 9.84 Å². The summed E-state index contributed by atoms with van der Waals surface area (Å²) in [4.78, 5) is 21.4. The van der Waals surface area contributed by atoms with Gasteiger partial charge in [-0.2, -0.15) is 0 Å². The summed E-state index contributed by atoms with van der Waals surface area (Å²) >= 11 is 0.971. The number of benzene rings is 1.